The number of amides is 1. The van der Waals surface area contributed by atoms with Crippen LogP contribution in [0.2, 0.25) is 0 Å². The fourth-order valence-electron chi connectivity index (χ4n) is 4.12. The maximum Gasteiger partial charge on any atom is 0.274 e. The minimum atomic E-state index is 0.0783. The molecule has 144 valence electrons. The van der Waals surface area contributed by atoms with Crippen molar-refractivity contribution in [3.05, 3.63) is 53.3 Å². The summed E-state index contributed by atoms with van der Waals surface area (Å²) < 4.78 is 2.04. The molecule has 0 spiro atoms. The molecule has 1 amide bonds. The molecule has 6 nitrogen and oxygen atoms in total. The third kappa shape index (κ3) is 4.06. The number of carbonyl (C=O) groups excluding carboxylic acids is 1. The lowest BCUT2D eigenvalue weighted by Crippen LogP contribution is -2.34. The Bertz CT molecular complexity index is 785. The van der Waals surface area contributed by atoms with Crippen molar-refractivity contribution in [2.24, 2.45) is 0 Å². The first-order valence-electron chi connectivity index (χ1n) is 9.89. The van der Waals surface area contributed by atoms with Crippen LogP contribution in [-0.4, -0.2) is 70.2 Å². The monoisotopic (exact) mass is 367 g/mol. The van der Waals surface area contributed by atoms with Gasteiger partial charge in [-0.2, -0.15) is 5.10 Å². The minimum Gasteiger partial charge on any atom is -0.336 e. The zero-order chi connectivity index (χ0) is 18.8. The molecule has 0 radical (unpaired) electrons. The second-order valence-electron chi connectivity index (χ2n) is 7.95. The lowest BCUT2D eigenvalue weighted by molar-refractivity contribution is 0.0776. The Kier molecular flexibility index (Phi) is 5.27. The number of aromatic nitrogens is 2. The van der Waals surface area contributed by atoms with Crippen LogP contribution in [0.5, 0.6) is 0 Å². The maximum atomic E-state index is 12.9. The topological polar surface area (TPSA) is 44.6 Å². The zero-order valence-corrected chi connectivity index (χ0v) is 16.3. The molecule has 0 unspecified atom stereocenters. The molecule has 1 fully saturated rings. The highest BCUT2D eigenvalue weighted by atomic mass is 16.2. The van der Waals surface area contributed by atoms with E-state index in [4.69, 9.17) is 0 Å². The summed E-state index contributed by atoms with van der Waals surface area (Å²) >= 11 is 0. The number of fused-ring (bicyclic) bond motifs is 1. The summed E-state index contributed by atoms with van der Waals surface area (Å²) in [6.07, 6.45) is 2.10. The molecule has 1 atom stereocenters. The predicted molar refractivity (Wildman–Crippen MR) is 105 cm³/mol. The molecule has 0 saturated carbocycles. The van der Waals surface area contributed by atoms with Crippen molar-refractivity contribution in [2.75, 3.05) is 33.7 Å². The van der Waals surface area contributed by atoms with E-state index in [1.807, 2.05) is 15.6 Å². The van der Waals surface area contributed by atoms with Crippen LogP contribution in [0.3, 0.4) is 0 Å². The van der Waals surface area contributed by atoms with Gasteiger partial charge in [-0.15, -0.1) is 0 Å². The summed E-state index contributed by atoms with van der Waals surface area (Å²) in [4.78, 5) is 19.5. The van der Waals surface area contributed by atoms with Gasteiger partial charge in [0, 0.05) is 45.3 Å². The summed E-state index contributed by atoms with van der Waals surface area (Å²) in [7, 11) is 4.16. The number of rotatable bonds is 4. The molecule has 2 aromatic rings. The molecular weight excluding hydrogens is 338 g/mol. The van der Waals surface area contributed by atoms with Crippen LogP contribution in [0.15, 0.2) is 36.4 Å². The molecule has 1 aromatic heterocycles. The molecule has 6 heteroatoms. The summed E-state index contributed by atoms with van der Waals surface area (Å²) in [6.45, 7) is 5.34. The van der Waals surface area contributed by atoms with Crippen molar-refractivity contribution in [3.8, 4) is 0 Å². The van der Waals surface area contributed by atoms with E-state index in [0.29, 0.717) is 11.7 Å². The van der Waals surface area contributed by atoms with Crippen LogP contribution in [-0.2, 0) is 19.6 Å². The first-order chi connectivity index (χ1) is 13.1. The highest BCUT2D eigenvalue weighted by Gasteiger charge is 2.30. The standard InChI is InChI=1S/C21H29N5O/c1-23(2)18-9-12-25(16-18)21(27)20-13-19-15-24(10-6-11-26(19)22-20)14-17-7-4-3-5-8-17/h3-5,7-8,13,18H,6,9-12,14-16H2,1-2H3/t18-/m0/s1. The molecule has 1 aromatic carbocycles. The van der Waals surface area contributed by atoms with E-state index < -0.39 is 0 Å². The van der Waals surface area contributed by atoms with Gasteiger partial charge in [0.2, 0.25) is 0 Å². The lowest BCUT2D eigenvalue weighted by Gasteiger charge is -2.20. The van der Waals surface area contributed by atoms with Gasteiger partial charge in [-0.25, -0.2) is 0 Å². The first-order valence-corrected chi connectivity index (χ1v) is 9.89. The Morgan fingerprint density at radius 2 is 2.00 bits per heavy atom. The van der Waals surface area contributed by atoms with Gasteiger partial charge in [0.05, 0.1) is 5.69 Å². The first kappa shape index (κ1) is 18.2. The largest absolute Gasteiger partial charge is 0.336 e. The van der Waals surface area contributed by atoms with Crippen LogP contribution < -0.4 is 0 Å². The SMILES string of the molecule is CN(C)[C@H]1CCN(C(=O)c2cc3n(n2)CCCN(Cc2ccccc2)C3)C1. The van der Waals surface area contributed by atoms with E-state index >= 15 is 0 Å². The summed E-state index contributed by atoms with van der Waals surface area (Å²) in [5, 5.41) is 4.65. The Morgan fingerprint density at radius 3 is 2.74 bits per heavy atom. The van der Waals surface area contributed by atoms with Crippen molar-refractivity contribution in [1.29, 1.82) is 0 Å². The van der Waals surface area contributed by atoms with Crippen LogP contribution >= 0.6 is 0 Å². The number of carbonyl (C=O) groups is 1. The third-order valence-corrected chi connectivity index (χ3v) is 5.74. The zero-order valence-electron chi connectivity index (χ0n) is 16.3. The van der Waals surface area contributed by atoms with E-state index in [2.05, 4.69) is 59.3 Å². The molecule has 3 heterocycles. The van der Waals surface area contributed by atoms with E-state index in [1.165, 1.54) is 5.56 Å². The van der Waals surface area contributed by atoms with Gasteiger partial charge >= 0.3 is 0 Å². The fraction of sp³-hybridized carbons (Fsp3) is 0.524. The number of hydrogen-bond acceptors (Lipinski definition) is 4. The molecule has 4 rings (SSSR count). The van der Waals surface area contributed by atoms with Gasteiger partial charge in [-0.3, -0.25) is 14.4 Å². The van der Waals surface area contributed by atoms with Crippen LogP contribution in [0.25, 0.3) is 0 Å². The smallest absolute Gasteiger partial charge is 0.274 e. The van der Waals surface area contributed by atoms with Crippen molar-refractivity contribution < 1.29 is 4.79 Å². The van der Waals surface area contributed by atoms with E-state index in [-0.39, 0.29) is 5.91 Å². The average Bonchev–Trinajstić information content (AvgIpc) is 3.26. The van der Waals surface area contributed by atoms with Gasteiger partial charge in [-0.05, 0) is 38.6 Å². The highest BCUT2D eigenvalue weighted by molar-refractivity contribution is 5.92. The van der Waals surface area contributed by atoms with Crippen molar-refractivity contribution >= 4 is 5.91 Å². The minimum absolute atomic E-state index is 0.0783. The summed E-state index contributed by atoms with van der Waals surface area (Å²) in [6, 6.07) is 13.0. The van der Waals surface area contributed by atoms with Gasteiger partial charge < -0.3 is 9.80 Å². The number of likely N-dealkylation sites (N-methyl/N-ethyl adjacent to an activating group) is 1. The van der Waals surface area contributed by atoms with Gasteiger partial charge in [0.15, 0.2) is 5.69 Å². The molecule has 0 bridgehead atoms. The number of likely N-dealkylation sites (tertiary alicyclic amines) is 1. The van der Waals surface area contributed by atoms with Crippen molar-refractivity contribution in [3.63, 3.8) is 0 Å². The fourth-order valence-corrected chi connectivity index (χ4v) is 4.12. The second-order valence-corrected chi connectivity index (χ2v) is 7.95. The number of hydrogen-bond donors (Lipinski definition) is 0. The lowest BCUT2D eigenvalue weighted by atomic mass is 10.2. The quantitative estimate of drug-likeness (QED) is 0.830. The maximum absolute atomic E-state index is 12.9. The predicted octanol–water partition coefficient (Wildman–Crippen LogP) is 2.07. The number of aryl methyl sites for hydroxylation is 1. The summed E-state index contributed by atoms with van der Waals surface area (Å²) in [5.74, 6) is 0.0783. The number of nitrogens with zero attached hydrogens (tertiary/aromatic N) is 5. The van der Waals surface area contributed by atoms with Crippen LogP contribution in [0.1, 0.15) is 34.6 Å². The van der Waals surface area contributed by atoms with Gasteiger partial charge in [-0.1, -0.05) is 30.3 Å². The third-order valence-electron chi connectivity index (χ3n) is 5.74. The Labute approximate surface area is 161 Å². The molecule has 27 heavy (non-hydrogen) atoms. The highest BCUT2D eigenvalue weighted by Crippen LogP contribution is 2.20. The van der Waals surface area contributed by atoms with Crippen molar-refractivity contribution in [1.82, 2.24) is 24.5 Å². The normalized spacial score (nSPS) is 20.7. The number of benzene rings is 1. The van der Waals surface area contributed by atoms with E-state index in [1.54, 1.807) is 0 Å². The Balaban J connectivity index is 1.45. The van der Waals surface area contributed by atoms with Gasteiger partial charge in [0.1, 0.15) is 0 Å². The molecule has 2 aliphatic heterocycles. The van der Waals surface area contributed by atoms with E-state index in [9.17, 15) is 4.79 Å². The molecular formula is C21H29N5O. The molecule has 0 aliphatic carbocycles. The molecule has 0 N–H and O–H groups in total. The molecule has 1 saturated heterocycles. The average molecular weight is 367 g/mol. The second kappa shape index (κ2) is 7.82. The Hall–Kier alpha value is -2.18. The van der Waals surface area contributed by atoms with Crippen molar-refractivity contribution in [2.45, 2.75) is 38.5 Å². The molecule has 2 aliphatic rings. The van der Waals surface area contributed by atoms with Crippen LogP contribution in [0.4, 0.5) is 0 Å². The van der Waals surface area contributed by atoms with Gasteiger partial charge in [0.25, 0.3) is 5.91 Å². The van der Waals surface area contributed by atoms with Crippen LogP contribution in [0, 0.1) is 0 Å². The van der Waals surface area contributed by atoms with E-state index in [0.717, 1.165) is 57.8 Å². The Morgan fingerprint density at radius 1 is 1.19 bits per heavy atom. The summed E-state index contributed by atoms with van der Waals surface area (Å²) in [5.41, 5.74) is 3.08.